The van der Waals surface area contributed by atoms with Crippen LogP contribution in [-0.2, 0) is 29.0 Å². The zero-order valence-corrected chi connectivity index (χ0v) is 14.6. The molecular formula is C19H24N4O2. The summed E-state index contributed by atoms with van der Waals surface area (Å²) in [4.78, 5) is 19.0. The van der Waals surface area contributed by atoms with Gasteiger partial charge in [0.25, 0.3) is 0 Å². The first-order valence-corrected chi connectivity index (χ1v) is 8.95. The van der Waals surface area contributed by atoms with E-state index in [1.165, 1.54) is 24.1 Å². The lowest BCUT2D eigenvalue weighted by atomic mass is 9.95. The molecule has 3 heterocycles. The van der Waals surface area contributed by atoms with Crippen LogP contribution in [0, 0.1) is 5.92 Å². The van der Waals surface area contributed by atoms with Crippen LogP contribution in [0.5, 0.6) is 0 Å². The fourth-order valence-electron chi connectivity index (χ4n) is 3.55. The highest BCUT2D eigenvalue weighted by atomic mass is 16.5. The van der Waals surface area contributed by atoms with Gasteiger partial charge < -0.3 is 9.64 Å². The Bertz CT molecular complexity index is 739. The number of aromatic nitrogens is 3. The summed E-state index contributed by atoms with van der Waals surface area (Å²) in [6.07, 6.45) is 6.63. The number of carbonyl (C=O) groups is 1. The number of carbonyl (C=O) groups excluding carboxylic acids is 1. The van der Waals surface area contributed by atoms with E-state index in [0.29, 0.717) is 26.1 Å². The number of ether oxygens (including phenoxy) is 1. The lowest BCUT2D eigenvalue weighted by Crippen LogP contribution is -2.41. The van der Waals surface area contributed by atoms with Crippen molar-refractivity contribution in [1.29, 1.82) is 0 Å². The largest absolute Gasteiger partial charge is 0.384 e. The number of hydrogen-bond acceptors (Lipinski definition) is 4. The molecule has 1 aliphatic carbocycles. The van der Waals surface area contributed by atoms with Gasteiger partial charge in [-0.3, -0.25) is 14.5 Å². The van der Waals surface area contributed by atoms with Crippen LogP contribution in [0.2, 0.25) is 0 Å². The highest BCUT2D eigenvalue weighted by molar-refractivity contribution is 5.78. The summed E-state index contributed by atoms with van der Waals surface area (Å²) >= 11 is 0. The van der Waals surface area contributed by atoms with Crippen molar-refractivity contribution in [3.05, 3.63) is 47.5 Å². The number of nitrogens with zero attached hydrogens (tertiary/aromatic N) is 4. The minimum atomic E-state index is 0.115. The Hall–Kier alpha value is -2.21. The highest BCUT2D eigenvalue weighted by Gasteiger charge is 2.32. The van der Waals surface area contributed by atoms with E-state index >= 15 is 0 Å². The summed E-state index contributed by atoms with van der Waals surface area (Å²) in [5, 5.41) is 4.60. The molecule has 1 fully saturated rings. The summed E-state index contributed by atoms with van der Waals surface area (Å²) in [5.74, 6) is 1.06. The molecule has 2 aromatic rings. The van der Waals surface area contributed by atoms with Crippen LogP contribution in [-0.4, -0.2) is 45.8 Å². The van der Waals surface area contributed by atoms with Gasteiger partial charge in [-0.15, -0.1) is 0 Å². The molecule has 0 saturated heterocycles. The molecular weight excluding hydrogens is 316 g/mol. The standard InChI is InChI=1S/C19H24N4O2/c1-25-13-15-11-22(19(24)8-16-4-2-3-7-20-16)12-18-17(15)9-21-23(18)10-14-5-6-14/h2-4,7,9,14-15H,5-6,8,10-13H2,1H3. The molecule has 25 heavy (non-hydrogen) atoms. The molecule has 1 amide bonds. The first-order chi connectivity index (χ1) is 12.2. The second kappa shape index (κ2) is 6.96. The van der Waals surface area contributed by atoms with E-state index in [2.05, 4.69) is 14.8 Å². The van der Waals surface area contributed by atoms with Crippen molar-refractivity contribution in [1.82, 2.24) is 19.7 Å². The van der Waals surface area contributed by atoms with Gasteiger partial charge in [0.2, 0.25) is 5.91 Å². The Morgan fingerprint density at radius 3 is 2.96 bits per heavy atom. The first-order valence-electron chi connectivity index (χ1n) is 8.95. The van der Waals surface area contributed by atoms with E-state index in [0.717, 1.165) is 18.2 Å². The monoisotopic (exact) mass is 340 g/mol. The molecule has 0 N–H and O–H groups in total. The molecule has 0 bridgehead atoms. The quantitative estimate of drug-likeness (QED) is 0.807. The smallest absolute Gasteiger partial charge is 0.228 e. The molecule has 4 rings (SSSR count). The number of amides is 1. The average molecular weight is 340 g/mol. The molecule has 0 spiro atoms. The van der Waals surface area contributed by atoms with Crippen LogP contribution >= 0.6 is 0 Å². The lowest BCUT2D eigenvalue weighted by molar-refractivity contribution is -0.132. The number of pyridine rings is 1. The zero-order valence-electron chi connectivity index (χ0n) is 14.6. The predicted molar refractivity (Wildman–Crippen MR) is 92.9 cm³/mol. The maximum absolute atomic E-state index is 12.8. The SMILES string of the molecule is COCC1CN(C(=O)Cc2ccccn2)Cc2c1cnn2CC1CC1. The van der Waals surface area contributed by atoms with E-state index in [-0.39, 0.29) is 11.8 Å². The molecule has 6 heteroatoms. The van der Waals surface area contributed by atoms with E-state index in [1.807, 2.05) is 29.3 Å². The number of rotatable bonds is 6. The van der Waals surface area contributed by atoms with Gasteiger partial charge >= 0.3 is 0 Å². The highest BCUT2D eigenvalue weighted by Crippen LogP contribution is 2.34. The van der Waals surface area contributed by atoms with E-state index in [4.69, 9.17) is 4.74 Å². The van der Waals surface area contributed by atoms with Crippen LogP contribution < -0.4 is 0 Å². The summed E-state index contributed by atoms with van der Waals surface area (Å²) in [6, 6.07) is 5.69. The van der Waals surface area contributed by atoms with Crippen molar-refractivity contribution in [3.8, 4) is 0 Å². The first kappa shape index (κ1) is 16.3. The summed E-state index contributed by atoms with van der Waals surface area (Å²) in [5.41, 5.74) is 3.23. The van der Waals surface area contributed by atoms with Gasteiger partial charge in [0.15, 0.2) is 0 Å². The average Bonchev–Trinajstić information content (AvgIpc) is 3.35. The lowest BCUT2D eigenvalue weighted by Gasteiger charge is -2.33. The zero-order chi connectivity index (χ0) is 17.2. The van der Waals surface area contributed by atoms with E-state index < -0.39 is 0 Å². The van der Waals surface area contributed by atoms with Gasteiger partial charge in [-0.25, -0.2) is 0 Å². The van der Waals surface area contributed by atoms with Crippen LogP contribution in [0.15, 0.2) is 30.6 Å². The fourth-order valence-corrected chi connectivity index (χ4v) is 3.55. The van der Waals surface area contributed by atoms with E-state index in [1.54, 1.807) is 13.3 Å². The van der Waals surface area contributed by atoms with E-state index in [9.17, 15) is 4.79 Å². The third kappa shape index (κ3) is 3.58. The van der Waals surface area contributed by atoms with Gasteiger partial charge in [-0.2, -0.15) is 5.10 Å². The molecule has 2 aromatic heterocycles. The second-order valence-corrected chi connectivity index (χ2v) is 7.10. The number of fused-ring (bicyclic) bond motifs is 1. The van der Waals surface area contributed by atoms with Crippen LogP contribution in [0.3, 0.4) is 0 Å². The molecule has 1 aliphatic heterocycles. The predicted octanol–water partition coefficient (Wildman–Crippen LogP) is 2.00. The van der Waals surface area contributed by atoms with Crippen LogP contribution in [0.25, 0.3) is 0 Å². The minimum absolute atomic E-state index is 0.115. The van der Waals surface area contributed by atoms with Gasteiger partial charge in [0.05, 0.1) is 31.5 Å². The molecule has 132 valence electrons. The Labute approximate surface area is 147 Å². The van der Waals surface area contributed by atoms with Crippen molar-refractivity contribution in [2.75, 3.05) is 20.3 Å². The molecule has 0 radical (unpaired) electrons. The molecule has 1 saturated carbocycles. The molecule has 1 atom stereocenters. The Balaban J connectivity index is 1.54. The van der Waals surface area contributed by atoms with Crippen LogP contribution in [0.1, 0.15) is 35.7 Å². The van der Waals surface area contributed by atoms with Crippen molar-refractivity contribution in [2.24, 2.45) is 5.92 Å². The maximum atomic E-state index is 12.8. The normalized spacial score (nSPS) is 19.7. The fraction of sp³-hybridized carbons (Fsp3) is 0.526. The van der Waals surface area contributed by atoms with Gasteiger partial charge in [0, 0.05) is 43.6 Å². The Kier molecular flexibility index (Phi) is 4.53. The third-order valence-electron chi connectivity index (χ3n) is 5.11. The van der Waals surface area contributed by atoms with Gasteiger partial charge in [-0.1, -0.05) is 6.07 Å². The molecule has 6 nitrogen and oxygen atoms in total. The maximum Gasteiger partial charge on any atom is 0.228 e. The molecule has 1 unspecified atom stereocenters. The van der Waals surface area contributed by atoms with Gasteiger partial charge in [-0.05, 0) is 30.9 Å². The topological polar surface area (TPSA) is 60.2 Å². The molecule has 0 aromatic carbocycles. The Morgan fingerprint density at radius 2 is 2.24 bits per heavy atom. The van der Waals surface area contributed by atoms with Crippen LogP contribution in [0.4, 0.5) is 0 Å². The number of hydrogen-bond donors (Lipinski definition) is 0. The van der Waals surface area contributed by atoms with Crippen molar-refractivity contribution >= 4 is 5.91 Å². The molecule has 2 aliphatic rings. The minimum Gasteiger partial charge on any atom is -0.384 e. The van der Waals surface area contributed by atoms with Crippen molar-refractivity contribution in [2.45, 2.75) is 38.3 Å². The van der Waals surface area contributed by atoms with Gasteiger partial charge in [0.1, 0.15) is 0 Å². The number of methoxy groups -OCH3 is 1. The van der Waals surface area contributed by atoms with Crippen molar-refractivity contribution < 1.29 is 9.53 Å². The Morgan fingerprint density at radius 1 is 1.36 bits per heavy atom. The second-order valence-electron chi connectivity index (χ2n) is 7.10. The summed E-state index contributed by atoms with van der Waals surface area (Å²) in [6.45, 7) is 2.89. The summed E-state index contributed by atoms with van der Waals surface area (Å²) < 4.78 is 7.51. The third-order valence-corrected chi connectivity index (χ3v) is 5.11. The summed E-state index contributed by atoms with van der Waals surface area (Å²) in [7, 11) is 1.71. The van der Waals surface area contributed by atoms with Crippen molar-refractivity contribution in [3.63, 3.8) is 0 Å².